The van der Waals surface area contributed by atoms with E-state index in [0.717, 1.165) is 5.56 Å². The molecule has 1 rings (SSSR count). The summed E-state index contributed by atoms with van der Waals surface area (Å²) in [6, 6.07) is 6.87. The Morgan fingerprint density at radius 3 is 2.78 bits per heavy atom. The maximum absolute atomic E-state index is 12.0. The predicted octanol–water partition coefficient (Wildman–Crippen LogP) is 2.54. The van der Waals surface area contributed by atoms with Crippen LogP contribution in [0.5, 0.6) is 0 Å². The largest absolute Gasteiger partial charge is 0.466 e. The van der Waals surface area contributed by atoms with Crippen molar-refractivity contribution in [2.75, 3.05) is 18.5 Å². The molecule has 0 aromatic heterocycles. The smallest absolute Gasteiger partial charge is 0.307 e. The second-order valence-corrected chi connectivity index (χ2v) is 5.00. The van der Waals surface area contributed by atoms with Crippen molar-refractivity contribution >= 4 is 29.2 Å². The number of nitrogens with zero attached hydrogens (tertiary/aromatic N) is 1. The third-order valence-electron chi connectivity index (χ3n) is 2.82. The van der Waals surface area contributed by atoms with Crippen LogP contribution in [0, 0.1) is 18.3 Å². The number of esters is 1. The molecule has 6 nitrogen and oxygen atoms in total. The normalized spacial score (nSPS) is 10.6. The predicted molar refractivity (Wildman–Crippen MR) is 87.8 cm³/mol. The van der Waals surface area contributed by atoms with Crippen LogP contribution < -0.4 is 10.6 Å². The zero-order valence-electron chi connectivity index (χ0n) is 13.0. The minimum absolute atomic E-state index is 0.106. The first-order valence-corrected chi connectivity index (χ1v) is 7.42. The number of amides is 1. The Kier molecular flexibility index (Phi) is 7.64. The Morgan fingerprint density at radius 2 is 2.17 bits per heavy atom. The Morgan fingerprint density at radius 1 is 1.43 bits per heavy atom. The average molecular weight is 336 g/mol. The number of aryl methyl sites for hydroxylation is 1. The first kappa shape index (κ1) is 18.5. The van der Waals surface area contributed by atoms with E-state index in [-0.39, 0.29) is 24.5 Å². The maximum atomic E-state index is 12.0. The van der Waals surface area contributed by atoms with Crippen molar-refractivity contribution in [3.63, 3.8) is 0 Å². The zero-order chi connectivity index (χ0) is 17.2. The molecule has 0 radical (unpaired) electrons. The van der Waals surface area contributed by atoms with E-state index in [2.05, 4.69) is 10.6 Å². The highest BCUT2D eigenvalue weighted by molar-refractivity contribution is 6.31. The van der Waals surface area contributed by atoms with Crippen LogP contribution in [-0.4, -0.2) is 25.0 Å². The summed E-state index contributed by atoms with van der Waals surface area (Å²) in [5, 5.41) is 14.9. The molecule has 122 valence electrons. The van der Waals surface area contributed by atoms with Crippen LogP contribution in [0.1, 0.15) is 18.9 Å². The highest BCUT2D eigenvalue weighted by Gasteiger charge is 2.10. The molecule has 1 aromatic carbocycles. The molecule has 0 aliphatic rings. The molecule has 0 bridgehead atoms. The van der Waals surface area contributed by atoms with E-state index in [1.165, 1.54) is 6.20 Å². The van der Waals surface area contributed by atoms with Crippen LogP contribution in [0.25, 0.3) is 0 Å². The number of nitrogens with one attached hydrogen (secondary N) is 2. The monoisotopic (exact) mass is 335 g/mol. The fourth-order valence-corrected chi connectivity index (χ4v) is 1.78. The summed E-state index contributed by atoms with van der Waals surface area (Å²) in [6.45, 7) is 4.16. The van der Waals surface area contributed by atoms with Gasteiger partial charge in [0, 0.05) is 23.5 Å². The van der Waals surface area contributed by atoms with Gasteiger partial charge in [0.25, 0.3) is 5.91 Å². The standard InChI is InChI=1S/C16H18ClN3O3/c1-3-23-15(21)6-7-19-10-12(9-18)16(22)20-13-5-4-11(2)14(17)8-13/h4-5,8,10,19H,3,6-7H2,1-2H3,(H,20,22)/b12-10-. The third-order valence-corrected chi connectivity index (χ3v) is 3.23. The molecule has 23 heavy (non-hydrogen) atoms. The van der Waals surface area contributed by atoms with E-state index in [0.29, 0.717) is 17.3 Å². The first-order valence-electron chi connectivity index (χ1n) is 7.04. The average Bonchev–Trinajstić information content (AvgIpc) is 2.51. The summed E-state index contributed by atoms with van der Waals surface area (Å²) in [4.78, 5) is 23.1. The van der Waals surface area contributed by atoms with Gasteiger partial charge in [0.2, 0.25) is 0 Å². The van der Waals surface area contributed by atoms with Crippen LogP contribution in [0.15, 0.2) is 30.0 Å². The van der Waals surface area contributed by atoms with E-state index in [1.807, 2.05) is 6.92 Å². The number of carbonyl (C=O) groups is 2. The second kappa shape index (κ2) is 9.49. The molecule has 7 heteroatoms. The molecule has 0 atom stereocenters. The third kappa shape index (κ3) is 6.41. The Labute approximate surface area is 140 Å². The number of benzene rings is 1. The van der Waals surface area contributed by atoms with Crippen molar-refractivity contribution < 1.29 is 14.3 Å². The number of anilines is 1. The van der Waals surface area contributed by atoms with Crippen molar-refractivity contribution in [1.82, 2.24) is 5.32 Å². The summed E-state index contributed by atoms with van der Waals surface area (Å²) in [7, 11) is 0. The summed E-state index contributed by atoms with van der Waals surface area (Å²) in [5.74, 6) is -0.901. The summed E-state index contributed by atoms with van der Waals surface area (Å²) in [5.41, 5.74) is 1.28. The van der Waals surface area contributed by atoms with Gasteiger partial charge >= 0.3 is 5.97 Å². The Balaban J connectivity index is 2.57. The van der Waals surface area contributed by atoms with Gasteiger partial charge in [0.1, 0.15) is 11.6 Å². The van der Waals surface area contributed by atoms with Crippen LogP contribution in [0.4, 0.5) is 5.69 Å². The van der Waals surface area contributed by atoms with Crippen molar-refractivity contribution in [1.29, 1.82) is 5.26 Å². The van der Waals surface area contributed by atoms with Crippen LogP contribution in [-0.2, 0) is 14.3 Å². The molecule has 0 fully saturated rings. The van der Waals surface area contributed by atoms with E-state index in [9.17, 15) is 9.59 Å². The fourth-order valence-electron chi connectivity index (χ4n) is 1.60. The second-order valence-electron chi connectivity index (χ2n) is 4.60. The lowest BCUT2D eigenvalue weighted by molar-refractivity contribution is -0.142. The number of hydrogen-bond donors (Lipinski definition) is 2. The van der Waals surface area contributed by atoms with Gasteiger partial charge in [-0.2, -0.15) is 5.26 Å². The number of halogens is 1. The number of hydrogen-bond acceptors (Lipinski definition) is 5. The van der Waals surface area contributed by atoms with Crippen molar-refractivity contribution in [3.05, 3.63) is 40.6 Å². The Bertz CT molecular complexity index is 650. The minimum Gasteiger partial charge on any atom is -0.466 e. The highest BCUT2D eigenvalue weighted by atomic mass is 35.5. The molecule has 0 aliphatic heterocycles. The summed E-state index contributed by atoms with van der Waals surface area (Å²) in [6.07, 6.45) is 1.42. The molecule has 0 aliphatic carbocycles. The van der Waals surface area contributed by atoms with Gasteiger partial charge in [0.05, 0.1) is 13.0 Å². The van der Waals surface area contributed by atoms with Gasteiger partial charge in [-0.3, -0.25) is 9.59 Å². The van der Waals surface area contributed by atoms with Crippen molar-refractivity contribution in [2.24, 2.45) is 0 Å². The van der Waals surface area contributed by atoms with Gasteiger partial charge in [-0.1, -0.05) is 17.7 Å². The molecule has 1 aromatic rings. The lowest BCUT2D eigenvalue weighted by Gasteiger charge is -2.06. The van der Waals surface area contributed by atoms with E-state index in [1.54, 1.807) is 31.2 Å². The molecule has 0 unspecified atom stereocenters. The minimum atomic E-state index is -0.559. The lowest BCUT2D eigenvalue weighted by atomic mass is 10.2. The van der Waals surface area contributed by atoms with Gasteiger partial charge < -0.3 is 15.4 Å². The van der Waals surface area contributed by atoms with Crippen LogP contribution in [0.2, 0.25) is 5.02 Å². The summed E-state index contributed by atoms with van der Waals surface area (Å²) < 4.78 is 4.77. The SMILES string of the molecule is CCOC(=O)CCN/C=C(/C#N)C(=O)Nc1ccc(C)c(Cl)c1. The highest BCUT2D eigenvalue weighted by Crippen LogP contribution is 2.20. The number of ether oxygens (including phenoxy) is 1. The molecule has 0 spiro atoms. The molecule has 0 saturated carbocycles. The van der Waals surface area contributed by atoms with Crippen molar-refractivity contribution in [3.8, 4) is 6.07 Å². The first-order chi connectivity index (χ1) is 11.0. The maximum Gasteiger partial charge on any atom is 0.307 e. The van der Waals surface area contributed by atoms with Gasteiger partial charge in [-0.05, 0) is 31.5 Å². The van der Waals surface area contributed by atoms with Gasteiger partial charge in [-0.15, -0.1) is 0 Å². The molecule has 0 saturated heterocycles. The molecular formula is C16H18ClN3O3. The van der Waals surface area contributed by atoms with Crippen LogP contribution >= 0.6 is 11.6 Å². The summed E-state index contributed by atoms with van der Waals surface area (Å²) >= 11 is 5.98. The number of carbonyl (C=O) groups excluding carboxylic acids is 2. The fraction of sp³-hybridized carbons (Fsp3) is 0.312. The molecular weight excluding hydrogens is 318 g/mol. The topological polar surface area (TPSA) is 91.2 Å². The van der Waals surface area contributed by atoms with E-state index < -0.39 is 5.91 Å². The number of rotatable bonds is 7. The molecule has 2 N–H and O–H groups in total. The van der Waals surface area contributed by atoms with E-state index in [4.69, 9.17) is 21.6 Å². The number of nitriles is 1. The quantitative estimate of drug-likeness (QED) is 0.346. The zero-order valence-corrected chi connectivity index (χ0v) is 13.7. The van der Waals surface area contributed by atoms with Crippen LogP contribution in [0.3, 0.4) is 0 Å². The van der Waals surface area contributed by atoms with Gasteiger partial charge in [0.15, 0.2) is 0 Å². The molecule has 0 heterocycles. The lowest BCUT2D eigenvalue weighted by Crippen LogP contribution is -2.19. The molecule has 1 amide bonds. The Hall–Kier alpha value is -2.52. The van der Waals surface area contributed by atoms with Crippen molar-refractivity contribution in [2.45, 2.75) is 20.3 Å². The van der Waals surface area contributed by atoms with Gasteiger partial charge in [-0.25, -0.2) is 0 Å². The van der Waals surface area contributed by atoms with E-state index >= 15 is 0 Å².